The van der Waals surface area contributed by atoms with E-state index in [1.54, 1.807) is 45.9 Å². The molecule has 23 heavy (non-hydrogen) atoms. The second-order valence-corrected chi connectivity index (χ2v) is 4.73. The third-order valence-corrected chi connectivity index (χ3v) is 3.50. The Hall–Kier alpha value is -3.09. The van der Waals surface area contributed by atoms with Crippen molar-refractivity contribution in [3.05, 3.63) is 30.1 Å². The van der Waals surface area contributed by atoms with Crippen LogP contribution in [0, 0.1) is 0 Å². The zero-order valence-electron chi connectivity index (χ0n) is 12.9. The fourth-order valence-corrected chi connectivity index (χ4v) is 2.37. The molecule has 118 valence electrons. The standard InChI is InChI=1S/C16H15N3O4/c1-21-12-4-9(5-13(22-2)15(12)23-3)11-7-18-16-14(19-11)10(8-20)6-17-16/h4-8H,1-3H3,(H,17,18). The van der Waals surface area contributed by atoms with Crippen molar-refractivity contribution in [2.45, 2.75) is 0 Å². The average Bonchev–Trinajstić information content (AvgIpc) is 3.02. The van der Waals surface area contributed by atoms with Gasteiger partial charge in [0, 0.05) is 11.8 Å². The molecule has 0 spiro atoms. The van der Waals surface area contributed by atoms with E-state index in [1.165, 1.54) is 0 Å². The van der Waals surface area contributed by atoms with E-state index < -0.39 is 0 Å². The van der Waals surface area contributed by atoms with E-state index >= 15 is 0 Å². The molecule has 7 heteroatoms. The lowest BCUT2D eigenvalue weighted by Crippen LogP contribution is -1.96. The number of carbonyl (C=O) groups excluding carboxylic acids is 1. The van der Waals surface area contributed by atoms with Gasteiger partial charge >= 0.3 is 0 Å². The van der Waals surface area contributed by atoms with Gasteiger partial charge in [-0.1, -0.05) is 0 Å². The van der Waals surface area contributed by atoms with Gasteiger partial charge in [-0.3, -0.25) is 4.79 Å². The van der Waals surface area contributed by atoms with Crippen LogP contribution in [0.3, 0.4) is 0 Å². The summed E-state index contributed by atoms with van der Waals surface area (Å²) in [5, 5.41) is 0. The van der Waals surface area contributed by atoms with Crippen LogP contribution in [0.2, 0.25) is 0 Å². The molecule has 3 aromatic rings. The molecule has 1 aromatic carbocycles. The topological polar surface area (TPSA) is 86.3 Å². The average molecular weight is 313 g/mol. The highest BCUT2D eigenvalue weighted by Gasteiger charge is 2.16. The van der Waals surface area contributed by atoms with E-state index in [0.717, 1.165) is 11.8 Å². The Bertz CT molecular complexity index is 848. The molecule has 2 aromatic heterocycles. The van der Waals surface area contributed by atoms with Crippen LogP contribution in [0.4, 0.5) is 0 Å². The zero-order valence-corrected chi connectivity index (χ0v) is 12.9. The molecule has 1 N–H and O–H groups in total. The molecule has 7 nitrogen and oxygen atoms in total. The molecule has 3 rings (SSSR count). The molecule has 0 aliphatic rings. The molecule has 0 unspecified atom stereocenters. The Balaban J connectivity index is 2.19. The van der Waals surface area contributed by atoms with Crippen molar-refractivity contribution in [3.63, 3.8) is 0 Å². The maximum absolute atomic E-state index is 11.1. The molecule has 0 aliphatic heterocycles. The smallest absolute Gasteiger partial charge is 0.203 e. The monoisotopic (exact) mass is 313 g/mol. The number of benzene rings is 1. The van der Waals surface area contributed by atoms with Gasteiger partial charge in [0.25, 0.3) is 0 Å². The lowest BCUT2D eigenvalue weighted by Gasteiger charge is -2.13. The maximum atomic E-state index is 11.1. The number of nitrogens with zero attached hydrogens (tertiary/aromatic N) is 2. The lowest BCUT2D eigenvalue weighted by atomic mass is 10.1. The molecule has 0 aliphatic carbocycles. The summed E-state index contributed by atoms with van der Waals surface area (Å²) in [4.78, 5) is 22.8. The highest BCUT2D eigenvalue weighted by Crippen LogP contribution is 2.40. The van der Waals surface area contributed by atoms with E-state index in [1.807, 2.05) is 0 Å². The van der Waals surface area contributed by atoms with Crippen molar-refractivity contribution in [2.75, 3.05) is 21.3 Å². The van der Waals surface area contributed by atoms with Crippen LogP contribution in [0.25, 0.3) is 22.4 Å². The normalized spacial score (nSPS) is 10.6. The Kier molecular flexibility index (Phi) is 3.84. The first kappa shape index (κ1) is 14.8. The van der Waals surface area contributed by atoms with Gasteiger partial charge in [-0.05, 0) is 12.1 Å². The van der Waals surface area contributed by atoms with Crippen LogP contribution in [-0.2, 0) is 0 Å². The van der Waals surface area contributed by atoms with Gasteiger partial charge in [-0.2, -0.15) is 0 Å². The number of fused-ring (bicyclic) bond motifs is 1. The second-order valence-electron chi connectivity index (χ2n) is 4.73. The third kappa shape index (κ3) is 2.46. The Morgan fingerprint density at radius 1 is 1.09 bits per heavy atom. The number of methoxy groups -OCH3 is 3. The number of hydrogen-bond donors (Lipinski definition) is 1. The zero-order chi connectivity index (χ0) is 16.4. The largest absolute Gasteiger partial charge is 0.493 e. The van der Waals surface area contributed by atoms with Crippen LogP contribution in [0.1, 0.15) is 10.4 Å². The van der Waals surface area contributed by atoms with Crippen LogP contribution >= 0.6 is 0 Å². The molecule has 2 heterocycles. The molecular weight excluding hydrogens is 298 g/mol. The lowest BCUT2D eigenvalue weighted by molar-refractivity contribution is 0.112. The summed E-state index contributed by atoms with van der Waals surface area (Å²) < 4.78 is 16.0. The number of aldehydes is 1. The minimum absolute atomic E-state index is 0.460. The number of nitrogens with one attached hydrogen (secondary N) is 1. The molecule has 0 fully saturated rings. The maximum Gasteiger partial charge on any atom is 0.203 e. The number of carbonyl (C=O) groups is 1. The molecule has 0 bridgehead atoms. The minimum Gasteiger partial charge on any atom is -0.493 e. The van der Waals surface area contributed by atoms with Crippen molar-refractivity contribution in [2.24, 2.45) is 0 Å². The predicted molar refractivity (Wildman–Crippen MR) is 84.4 cm³/mol. The molecule has 0 amide bonds. The number of aromatic amines is 1. The summed E-state index contributed by atoms with van der Waals surface area (Å²) in [5.74, 6) is 1.55. The summed E-state index contributed by atoms with van der Waals surface area (Å²) in [6, 6.07) is 3.56. The van der Waals surface area contributed by atoms with Crippen molar-refractivity contribution in [3.8, 4) is 28.5 Å². The van der Waals surface area contributed by atoms with Gasteiger partial charge in [-0.25, -0.2) is 9.97 Å². The van der Waals surface area contributed by atoms with Crippen LogP contribution in [0.5, 0.6) is 17.2 Å². The first-order valence-electron chi connectivity index (χ1n) is 6.81. The van der Waals surface area contributed by atoms with Gasteiger partial charge in [0.2, 0.25) is 5.75 Å². The number of hydrogen-bond acceptors (Lipinski definition) is 6. The molecule has 0 saturated heterocycles. The molecule has 0 radical (unpaired) electrons. The van der Waals surface area contributed by atoms with Crippen LogP contribution in [-0.4, -0.2) is 42.6 Å². The third-order valence-electron chi connectivity index (χ3n) is 3.50. The quantitative estimate of drug-likeness (QED) is 0.728. The van der Waals surface area contributed by atoms with Gasteiger partial charge in [0.1, 0.15) is 5.52 Å². The summed E-state index contributed by atoms with van der Waals surface area (Å²) in [6.45, 7) is 0. The summed E-state index contributed by atoms with van der Waals surface area (Å²) >= 11 is 0. The van der Waals surface area contributed by atoms with E-state index in [-0.39, 0.29) is 0 Å². The van der Waals surface area contributed by atoms with Gasteiger partial charge in [-0.15, -0.1) is 0 Å². The van der Waals surface area contributed by atoms with Crippen LogP contribution in [0.15, 0.2) is 24.5 Å². The first-order valence-corrected chi connectivity index (χ1v) is 6.81. The van der Waals surface area contributed by atoms with Gasteiger partial charge in [0.15, 0.2) is 23.4 Å². The van der Waals surface area contributed by atoms with Gasteiger partial charge < -0.3 is 19.2 Å². The minimum atomic E-state index is 0.460. The summed E-state index contributed by atoms with van der Waals surface area (Å²) in [7, 11) is 4.64. The van der Waals surface area contributed by atoms with Crippen molar-refractivity contribution in [1.29, 1.82) is 0 Å². The van der Waals surface area contributed by atoms with Crippen molar-refractivity contribution >= 4 is 17.5 Å². The highest BCUT2D eigenvalue weighted by atomic mass is 16.5. The number of aromatic nitrogens is 3. The van der Waals surface area contributed by atoms with Crippen LogP contribution < -0.4 is 14.2 Å². The number of rotatable bonds is 5. The molecular formula is C16H15N3O4. The number of ether oxygens (including phenoxy) is 3. The van der Waals surface area contributed by atoms with Crippen molar-refractivity contribution in [1.82, 2.24) is 15.0 Å². The SMILES string of the molecule is COc1cc(-c2cnc3[nH]cc(C=O)c3n2)cc(OC)c1OC. The second kappa shape index (κ2) is 5.96. The van der Waals surface area contributed by atoms with E-state index in [0.29, 0.717) is 39.7 Å². The highest BCUT2D eigenvalue weighted by molar-refractivity contribution is 5.93. The van der Waals surface area contributed by atoms with E-state index in [4.69, 9.17) is 14.2 Å². The Morgan fingerprint density at radius 3 is 2.35 bits per heavy atom. The van der Waals surface area contributed by atoms with Crippen molar-refractivity contribution < 1.29 is 19.0 Å². The Morgan fingerprint density at radius 2 is 1.78 bits per heavy atom. The Labute approximate surface area is 132 Å². The fourth-order valence-electron chi connectivity index (χ4n) is 2.37. The molecule has 0 saturated carbocycles. The first-order chi connectivity index (χ1) is 11.2. The summed E-state index contributed by atoms with van der Waals surface area (Å²) in [6.07, 6.45) is 3.94. The van der Waals surface area contributed by atoms with Gasteiger partial charge in [0.05, 0.1) is 38.8 Å². The predicted octanol–water partition coefficient (Wildman–Crippen LogP) is 2.46. The van der Waals surface area contributed by atoms with E-state index in [2.05, 4.69) is 15.0 Å². The summed E-state index contributed by atoms with van der Waals surface area (Å²) in [5.41, 5.74) is 2.88. The number of H-pyrrole nitrogens is 1. The fraction of sp³-hybridized carbons (Fsp3) is 0.188. The molecule has 0 atom stereocenters. The van der Waals surface area contributed by atoms with E-state index in [9.17, 15) is 4.79 Å².